The monoisotopic (exact) mass is 356 g/mol. The highest BCUT2D eigenvalue weighted by Crippen LogP contribution is 2.25. The van der Waals surface area contributed by atoms with E-state index in [0.29, 0.717) is 40.9 Å². The summed E-state index contributed by atoms with van der Waals surface area (Å²) in [5, 5.41) is 0.589. The van der Waals surface area contributed by atoms with E-state index in [9.17, 15) is 4.79 Å². The van der Waals surface area contributed by atoms with E-state index in [-0.39, 0.29) is 5.97 Å². The Morgan fingerprint density at radius 1 is 1.08 bits per heavy atom. The first-order chi connectivity index (χ1) is 12.2. The number of carbonyl (C=O) groups is 1. The molecule has 0 radical (unpaired) electrons. The first-order valence-corrected chi connectivity index (χ1v) is 8.09. The SMILES string of the molecule is O=C1OCC[C@H]1Oc1ccc(Oc2cnc3ccc(Cl)cc3n2)cc1. The smallest absolute Gasteiger partial charge is 0.347 e. The van der Waals surface area contributed by atoms with E-state index in [1.165, 1.54) is 0 Å². The van der Waals surface area contributed by atoms with Crippen molar-refractivity contribution in [3.63, 3.8) is 0 Å². The van der Waals surface area contributed by atoms with E-state index in [2.05, 4.69) is 9.97 Å². The molecule has 0 N–H and O–H groups in total. The van der Waals surface area contributed by atoms with Crippen LogP contribution in [0.25, 0.3) is 11.0 Å². The summed E-state index contributed by atoms with van der Waals surface area (Å²) >= 11 is 5.97. The molecule has 0 spiro atoms. The van der Waals surface area contributed by atoms with Gasteiger partial charge >= 0.3 is 5.97 Å². The van der Waals surface area contributed by atoms with Gasteiger partial charge in [-0.15, -0.1) is 0 Å². The van der Waals surface area contributed by atoms with Gasteiger partial charge in [0.15, 0.2) is 6.10 Å². The molecule has 7 heteroatoms. The van der Waals surface area contributed by atoms with Crippen molar-refractivity contribution < 1.29 is 19.0 Å². The van der Waals surface area contributed by atoms with Gasteiger partial charge in [-0.1, -0.05) is 11.6 Å². The van der Waals surface area contributed by atoms with Crippen molar-refractivity contribution in [3.8, 4) is 17.4 Å². The van der Waals surface area contributed by atoms with Gasteiger partial charge in [-0.25, -0.2) is 14.8 Å². The summed E-state index contributed by atoms with van der Waals surface area (Å²) in [6.07, 6.45) is 1.57. The zero-order valence-corrected chi connectivity index (χ0v) is 13.8. The molecule has 2 aromatic carbocycles. The summed E-state index contributed by atoms with van der Waals surface area (Å²) in [6, 6.07) is 12.2. The fraction of sp³-hybridized carbons (Fsp3) is 0.167. The molecule has 2 heterocycles. The molecule has 1 aromatic heterocycles. The predicted octanol–water partition coefficient (Wildman–Crippen LogP) is 3.77. The molecule has 0 bridgehead atoms. The zero-order chi connectivity index (χ0) is 17.2. The molecule has 1 atom stereocenters. The number of cyclic esters (lactones) is 1. The quantitative estimate of drug-likeness (QED) is 0.663. The van der Waals surface area contributed by atoms with Crippen molar-refractivity contribution in [3.05, 3.63) is 53.7 Å². The summed E-state index contributed by atoms with van der Waals surface area (Å²) in [5.41, 5.74) is 1.40. The number of aromatic nitrogens is 2. The number of hydrogen-bond donors (Lipinski definition) is 0. The molecular weight excluding hydrogens is 344 g/mol. The zero-order valence-electron chi connectivity index (χ0n) is 13.0. The number of nitrogens with zero attached hydrogens (tertiary/aromatic N) is 2. The van der Waals surface area contributed by atoms with Crippen molar-refractivity contribution in [1.82, 2.24) is 9.97 Å². The van der Waals surface area contributed by atoms with Gasteiger partial charge in [0.1, 0.15) is 11.5 Å². The summed E-state index contributed by atoms with van der Waals surface area (Å²) in [5.74, 6) is 1.19. The average molecular weight is 357 g/mol. The molecule has 0 unspecified atom stereocenters. The van der Waals surface area contributed by atoms with E-state index >= 15 is 0 Å². The predicted molar refractivity (Wildman–Crippen MR) is 91.1 cm³/mol. The molecule has 126 valence electrons. The molecule has 3 aromatic rings. The minimum absolute atomic E-state index is 0.328. The van der Waals surface area contributed by atoms with Crippen molar-refractivity contribution in [2.75, 3.05) is 6.61 Å². The Morgan fingerprint density at radius 2 is 1.88 bits per heavy atom. The number of benzene rings is 2. The standard InChI is InChI=1S/C18H13ClN2O4/c19-11-1-6-14-15(9-11)21-17(10-20-14)25-13-4-2-12(3-5-13)24-16-7-8-23-18(16)22/h1-6,9-10,16H,7-8H2/t16-/m1/s1. The molecule has 1 aliphatic rings. The number of ether oxygens (including phenoxy) is 3. The van der Waals surface area contributed by atoms with Crippen LogP contribution in [-0.2, 0) is 9.53 Å². The van der Waals surface area contributed by atoms with Gasteiger partial charge in [0.25, 0.3) is 0 Å². The lowest BCUT2D eigenvalue weighted by atomic mass is 10.3. The van der Waals surface area contributed by atoms with E-state index < -0.39 is 6.10 Å². The third-order valence-electron chi connectivity index (χ3n) is 3.69. The maximum atomic E-state index is 11.4. The van der Waals surface area contributed by atoms with E-state index in [1.54, 1.807) is 48.7 Å². The lowest BCUT2D eigenvalue weighted by Crippen LogP contribution is -2.21. The lowest BCUT2D eigenvalue weighted by molar-refractivity contribution is -0.143. The summed E-state index contributed by atoms with van der Waals surface area (Å²) in [4.78, 5) is 20.1. The summed E-state index contributed by atoms with van der Waals surface area (Å²) in [7, 11) is 0. The number of esters is 1. The topological polar surface area (TPSA) is 70.5 Å². The first kappa shape index (κ1) is 15.7. The van der Waals surface area contributed by atoms with Crippen LogP contribution < -0.4 is 9.47 Å². The molecule has 6 nitrogen and oxygen atoms in total. The minimum atomic E-state index is -0.539. The highest BCUT2D eigenvalue weighted by atomic mass is 35.5. The van der Waals surface area contributed by atoms with Gasteiger partial charge in [0.2, 0.25) is 5.88 Å². The highest BCUT2D eigenvalue weighted by Gasteiger charge is 2.28. The van der Waals surface area contributed by atoms with Crippen LogP contribution in [0.15, 0.2) is 48.7 Å². The van der Waals surface area contributed by atoms with E-state index in [0.717, 1.165) is 5.52 Å². The normalized spacial score (nSPS) is 16.7. The van der Waals surface area contributed by atoms with Crippen molar-refractivity contribution in [1.29, 1.82) is 0 Å². The van der Waals surface area contributed by atoms with Gasteiger partial charge in [-0.3, -0.25) is 0 Å². The number of rotatable bonds is 4. The molecule has 25 heavy (non-hydrogen) atoms. The first-order valence-electron chi connectivity index (χ1n) is 7.71. The Hall–Kier alpha value is -2.86. The van der Waals surface area contributed by atoms with Crippen LogP contribution in [0.3, 0.4) is 0 Å². The maximum absolute atomic E-state index is 11.4. The molecule has 0 aliphatic carbocycles. The van der Waals surface area contributed by atoms with Gasteiger partial charge in [0.05, 0.1) is 23.8 Å². The van der Waals surface area contributed by atoms with E-state index in [1.807, 2.05) is 0 Å². The third-order valence-corrected chi connectivity index (χ3v) is 3.93. The number of carbonyl (C=O) groups excluding carboxylic acids is 1. The molecule has 1 aliphatic heterocycles. The van der Waals surface area contributed by atoms with Gasteiger partial charge in [-0.05, 0) is 42.5 Å². The van der Waals surface area contributed by atoms with Crippen LogP contribution in [0.2, 0.25) is 5.02 Å². The Labute approximate surface area is 148 Å². The van der Waals surface area contributed by atoms with Crippen molar-refractivity contribution >= 4 is 28.6 Å². The number of halogens is 1. The molecule has 0 amide bonds. The van der Waals surface area contributed by atoms with Crippen LogP contribution in [0.4, 0.5) is 0 Å². The second kappa shape index (κ2) is 6.57. The van der Waals surface area contributed by atoms with Crippen LogP contribution in [0.1, 0.15) is 6.42 Å². The summed E-state index contributed by atoms with van der Waals surface area (Å²) < 4.78 is 16.2. The maximum Gasteiger partial charge on any atom is 0.347 e. The molecule has 0 saturated carbocycles. The molecule has 1 saturated heterocycles. The molecular formula is C18H13ClN2O4. The van der Waals surface area contributed by atoms with E-state index in [4.69, 9.17) is 25.8 Å². The molecule has 1 fully saturated rings. The average Bonchev–Trinajstić information content (AvgIpc) is 3.01. The Bertz CT molecular complexity index is 930. The second-order valence-corrected chi connectivity index (χ2v) is 5.91. The van der Waals surface area contributed by atoms with Crippen molar-refractivity contribution in [2.45, 2.75) is 12.5 Å². The van der Waals surface area contributed by atoms with Crippen LogP contribution in [-0.4, -0.2) is 28.6 Å². The number of fused-ring (bicyclic) bond motifs is 1. The summed E-state index contributed by atoms with van der Waals surface area (Å²) in [6.45, 7) is 0.398. The van der Waals surface area contributed by atoms with Gasteiger partial charge in [0, 0.05) is 11.4 Å². The van der Waals surface area contributed by atoms with Crippen molar-refractivity contribution in [2.24, 2.45) is 0 Å². The Kier molecular flexibility index (Phi) is 4.11. The lowest BCUT2D eigenvalue weighted by Gasteiger charge is -2.10. The largest absolute Gasteiger partial charge is 0.479 e. The Balaban J connectivity index is 1.48. The molecule has 4 rings (SSSR count). The van der Waals surface area contributed by atoms with Gasteiger partial charge < -0.3 is 14.2 Å². The third kappa shape index (κ3) is 3.49. The highest BCUT2D eigenvalue weighted by molar-refractivity contribution is 6.31. The fourth-order valence-electron chi connectivity index (χ4n) is 2.47. The second-order valence-electron chi connectivity index (χ2n) is 5.48. The van der Waals surface area contributed by atoms with Crippen LogP contribution in [0, 0.1) is 0 Å². The fourth-order valence-corrected chi connectivity index (χ4v) is 2.64. The van der Waals surface area contributed by atoms with Crippen LogP contribution >= 0.6 is 11.6 Å². The Morgan fingerprint density at radius 3 is 2.64 bits per heavy atom. The van der Waals surface area contributed by atoms with Gasteiger partial charge in [-0.2, -0.15) is 0 Å². The minimum Gasteiger partial charge on any atom is -0.479 e. The van der Waals surface area contributed by atoms with Crippen LogP contribution in [0.5, 0.6) is 17.4 Å². The number of hydrogen-bond acceptors (Lipinski definition) is 6.